The molecule has 2 fully saturated rings. The fourth-order valence-electron chi connectivity index (χ4n) is 4.41. The van der Waals surface area contributed by atoms with Gasteiger partial charge >= 0.3 is 12.1 Å². The monoisotopic (exact) mass is 579 g/mol. The van der Waals surface area contributed by atoms with Gasteiger partial charge in [-0.05, 0) is 67.3 Å². The molecule has 0 amide bonds. The average Bonchev–Trinajstić information content (AvgIpc) is 3.77. The highest BCUT2D eigenvalue weighted by Gasteiger charge is 2.39. The molecule has 5 rings (SSSR count). The van der Waals surface area contributed by atoms with Gasteiger partial charge in [0, 0.05) is 24.1 Å². The quantitative estimate of drug-likeness (QED) is 0.293. The van der Waals surface area contributed by atoms with Gasteiger partial charge < -0.3 is 21.5 Å². The Hall–Kier alpha value is -3.90. The van der Waals surface area contributed by atoms with Crippen molar-refractivity contribution < 1.29 is 31.5 Å². The number of benzene rings is 1. The predicted molar refractivity (Wildman–Crippen MR) is 141 cm³/mol. The number of hydrogen-bond acceptors (Lipinski definition) is 9. The third kappa shape index (κ3) is 7.39. The van der Waals surface area contributed by atoms with E-state index >= 15 is 0 Å². The zero-order valence-corrected chi connectivity index (χ0v) is 22.3. The zero-order chi connectivity index (χ0) is 29.2. The number of carboxylic acid groups (broad SMARTS) is 1. The van der Waals surface area contributed by atoms with E-state index in [-0.39, 0.29) is 5.75 Å². The smallest absolute Gasteiger partial charge is 0.475 e. The van der Waals surface area contributed by atoms with Gasteiger partial charge in [-0.2, -0.15) is 28.0 Å². The molecule has 0 bridgehead atoms. The molecule has 5 N–H and O–H groups in total. The maximum atomic E-state index is 12.1. The lowest BCUT2D eigenvalue weighted by Gasteiger charge is -2.14. The Balaban J connectivity index is 0.000000470. The molecule has 2 saturated carbocycles. The van der Waals surface area contributed by atoms with Crippen LogP contribution in [0.25, 0.3) is 5.65 Å². The van der Waals surface area contributed by atoms with Gasteiger partial charge in [-0.25, -0.2) is 18.2 Å². The summed E-state index contributed by atoms with van der Waals surface area (Å²) in [4.78, 5) is 13.5. The highest BCUT2D eigenvalue weighted by Crippen LogP contribution is 2.50. The Labute approximate surface area is 228 Å². The van der Waals surface area contributed by atoms with Gasteiger partial charge in [-0.3, -0.25) is 0 Å². The largest absolute Gasteiger partial charge is 0.490 e. The molecular weight excluding hydrogens is 551 g/mol. The minimum Gasteiger partial charge on any atom is -0.475 e. The summed E-state index contributed by atoms with van der Waals surface area (Å²) in [5.74, 6) is -0.541. The van der Waals surface area contributed by atoms with E-state index in [0.29, 0.717) is 41.5 Å². The van der Waals surface area contributed by atoms with Crippen LogP contribution in [0.2, 0.25) is 0 Å². The third-order valence-electron chi connectivity index (χ3n) is 6.46. The van der Waals surface area contributed by atoms with Crippen molar-refractivity contribution in [3.05, 3.63) is 47.2 Å². The molecule has 2 unspecified atom stereocenters. The first-order valence-corrected chi connectivity index (χ1v) is 14.5. The van der Waals surface area contributed by atoms with Crippen LogP contribution in [-0.2, 0) is 20.4 Å². The van der Waals surface area contributed by atoms with Gasteiger partial charge in [-0.15, -0.1) is 0 Å². The highest BCUT2D eigenvalue weighted by atomic mass is 32.2. The fraction of sp³-hybridized carbons (Fsp3) is 0.440. The number of alkyl halides is 3. The summed E-state index contributed by atoms with van der Waals surface area (Å²) in [7, 11) is -3.19. The molecular formula is C25H28F3N7O4S. The second-order valence-electron chi connectivity index (χ2n) is 9.94. The van der Waals surface area contributed by atoms with Crippen molar-refractivity contribution in [1.29, 1.82) is 5.26 Å². The van der Waals surface area contributed by atoms with E-state index < -0.39 is 22.0 Å². The molecule has 214 valence electrons. The summed E-state index contributed by atoms with van der Waals surface area (Å²) in [5.41, 5.74) is 9.23. The number of rotatable bonds is 9. The number of sulfone groups is 1. The molecule has 0 saturated heterocycles. The van der Waals surface area contributed by atoms with Crippen LogP contribution in [0.15, 0.2) is 30.5 Å². The van der Waals surface area contributed by atoms with E-state index in [2.05, 4.69) is 26.8 Å². The molecule has 40 heavy (non-hydrogen) atoms. The molecule has 11 nitrogen and oxygen atoms in total. The van der Waals surface area contributed by atoms with Crippen molar-refractivity contribution in [2.45, 2.75) is 49.6 Å². The summed E-state index contributed by atoms with van der Waals surface area (Å²) in [6, 6.07) is 10.3. The van der Waals surface area contributed by atoms with Gasteiger partial charge in [-0.1, -0.05) is 6.07 Å². The third-order valence-corrected chi connectivity index (χ3v) is 7.29. The van der Waals surface area contributed by atoms with Crippen molar-refractivity contribution in [3.63, 3.8) is 0 Å². The van der Waals surface area contributed by atoms with E-state index in [9.17, 15) is 26.9 Å². The molecule has 1 aromatic carbocycles. The van der Waals surface area contributed by atoms with E-state index in [1.165, 1.54) is 12.5 Å². The van der Waals surface area contributed by atoms with E-state index in [4.69, 9.17) is 15.6 Å². The summed E-state index contributed by atoms with van der Waals surface area (Å²) in [6.45, 7) is 0.646. The Kier molecular flexibility index (Phi) is 8.22. The lowest BCUT2D eigenvalue weighted by atomic mass is 10.0. The van der Waals surface area contributed by atoms with Crippen LogP contribution in [0, 0.1) is 17.2 Å². The summed E-state index contributed by atoms with van der Waals surface area (Å²) in [6.07, 6.45) is 1.89. The minimum absolute atomic E-state index is 0.00808. The average molecular weight is 580 g/mol. The number of nitrogens with zero attached hydrogens (tertiary/aromatic N) is 4. The Morgan fingerprint density at radius 3 is 2.58 bits per heavy atom. The normalized spacial score (nSPS) is 18.4. The molecule has 0 aliphatic heterocycles. The van der Waals surface area contributed by atoms with Crippen LogP contribution in [-0.4, -0.2) is 59.1 Å². The standard InChI is InChI=1S/C23H27N7O2S.C2HF3O2/c1-33(31,32)13-15-8-18(4-5-19(15)20-9-14(20)6-7-24)27-21-10-22(28-17-2-3-17)30-23(29-21)16(11-25)12-26-30;3-2(4,5)1(6)7/h4-5,8,10,12,14,17,20,28H,2-3,6-7,9,13,24H2,1H3,(H,27,29);(H,6,7). The number of carboxylic acids is 1. The number of fused-ring (bicyclic) bond motifs is 1. The molecule has 2 atom stereocenters. The molecule has 2 aliphatic carbocycles. The number of nitriles is 1. The van der Waals surface area contributed by atoms with E-state index in [1.807, 2.05) is 24.3 Å². The van der Waals surface area contributed by atoms with Crippen LogP contribution in [0.1, 0.15) is 48.3 Å². The van der Waals surface area contributed by atoms with Gasteiger partial charge in [0.05, 0.1) is 11.9 Å². The number of hydrogen-bond donors (Lipinski definition) is 4. The summed E-state index contributed by atoms with van der Waals surface area (Å²) < 4.78 is 57.6. The molecule has 2 heterocycles. The van der Waals surface area contributed by atoms with E-state index in [1.54, 1.807) is 4.52 Å². The van der Waals surface area contributed by atoms with Crippen molar-refractivity contribution >= 4 is 38.8 Å². The number of anilines is 3. The zero-order valence-electron chi connectivity index (χ0n) is 21.4. The maximum Gasteiger partial charge on any atom is 0.490 e. The molecule has 15 heteroatoms. The molecule has 0 radical (unpaired) electrons. The Morgan fingerprint density at radius 2 is 2.00 bits per heavy atom. The van der Waals surface area contributed by atoms with Crippen molar-refractivity contribution in [2.75, 3.05) is 23.4 Å². The number of aromatic nitrogens is 3. The molecule has 3 aromatic rings. The van der Waals surface area contributed by atoms with Gasteiger partial charge in [0.25, 0.3) is 0 Å². The second kappa shape index (κ2) is 11.3. The Bertz CT molecular complexity index is 1560. The summed E-state index contributed by atoms with van der Waals surface area (Å²) in [5, 5.41) is 27.6. The van der Waals surface area contributed by atoms with Crippen LogP contribution < -0.4 is 16.4 Å². The number of nitrogens with one attached hydrogen (secondary N) is 2. The van der Waals surface area contributed by atoms with Gasteiger partial charge in [0.2, 0.25) is 0 Å². The molecule has 2 aromatic heterocycles. The molecule has 0 spiro atoms. The summed E-state index contributed by atoms with van der Waals surface area (Å²) >= 11 is 0. The maximum absolute atomic E-state index is 12.1. The van der Waals surface area contributed by atoms with Crippen LogP contribution >= 0.6 is 0 Å². The van der Waals surface area contributed by atoms with Crippen molar-refractivity contribution in [1.82, 2.24) is 14.6 Å². The lowest BCUT2D eigenvalue weighted by molar-refractivity contribution is -0.192. The first-order chi connectivity index (χ1) is 18.8. The lowest BCUT2D eigenvalue weighted by Crippen LogP contribution is -2.21. The number of carbonyl (C=O) groups is 1. The van der Waals surface area contributed by atoms with Gasteiger partial charge in [0.1, 0.15) is 23.3 Å². The minimum atomic E-state index is -5.08. The van der Waals surface area contributed by atoms with Gasteiger partial charge in [0.15, 0.2) is 15.5 Å². The topological polar surface area (TPSA) is 175 Å². The Morgan fingerprint density at radius 1 is 1.30 bits per heavy atom. The predicted octanol–water partition coefficient (Wildman–Crippen LogP) is 3.55. The van der Waals surface area contributed by atoms with Crippen molar-refractivity contribution in [3.8, 4) is 6.07 Å². The number of halogens is 3. The number of nitrogens with two attached hydrogens (primary N) is 1. The van der Waals surface area contributed by atoms with Crippen LogP contribution in [0.4, 0.5) is 30.5 Å². The van der Waals surface area contributed by atoms with Crippen LogP contribution in [0.5, 0.6) is 0 Å². The van der Waals surface area contributed by atoms with E-state index in [0.717, 1.165) is 48.3 Å². The SMILES string of the molecule is CS(=O)(=O)Cc1cc(Nc2cc(NC3CC3)n3ncc(C#N)c3n2)ccc1C1CC1CCN.O=C(O)C(F)(F)F. The second-order valence-corrected chi connectivity index (χ2v) is 12.1. The first-order valence-electron chi connectivity index (χ1n) is 12.4. The van der Waals surface area contributed by atoms with Crippen molar-refractivity contribution in [2.24, 2.45) is 11.7 Å². The van der Waals surface area contributed by atoms with Crippen LogP contribution in [0.3, 0.4) is 0 Å². The highest BCUT2D eigenvalue weighted by molar-refractivity contribution is 7.89. The fourth-order valence-corrected chi connectivity index (χ4v) is 5.22. The molecule has 2 aliphatic rings. The first kappa shape index (κ1) is 29.1. The number of aliphatic carboxylic acids is 1.